The van der Waals surface area contributed by atoms with Crippen LogP contribution in [0.4, 0.5) is 0 Å². The Balaban J connectivity index is 1.51. The fraction of sp³-hybridized carbons (Fsp3) is 0.200. The van der Waals surface area contributed by atoms with Crippen molar-refractivity contribution in [2.45, 2.75) is 39.5 Å². The van der Waals surface area contributed by atoms with E-state index in [4.69, 9.17) is 20.0 Å². The molecule has 5 heteroatoms. The quantitative estimate of drug-likeness (QED) is 0.438. The van der Waals surface area contributed by atoms with Gasteiger partial charge in [0, 0.05) is 16.0 Å². The molecular formula is C30H26N4S. The van der Waals surface area contributed by atoms with Gasteiger partial charge in [-0.2, -0.15) is 0 Å². The second-order valence-electron chi connectivity index (χ2n) is 9.00. The summed E-state index contributed by atoms with van der Waals surface area (Å²) in [5.41, 5.74) is 11.3. The SMILES string of the molecule is CCCc1csc(CCC)c1C1=CC2=CC3=NC(=CC4=NC(=CC5=NC(=CC1=N2)C=C5)C=C4)C=C3. The summed E-state index contributed by atoms with van der Waals surface area (Å²) in [5.74, 6) is 0. The van der Waals surface area contributed by atoms with Gasteiger partial charge in [0.1, 0.15) is 0 Å². The van der Waals surface area contributed by atoms with E-state index in [0.717, 1.165) is 71.3 Å². The molecule has 4 nitrogen and oxygen atoms in total. The number of fused-ring (bicyclic) bond motifs is 4. The molecule has 5 aliphatic rings. The molecule has 6 rings (SSSR count). The maximum Gasteiger partial charge on any atom is 0.0738 e. The second-order valence-corrected chi connectivity index (χ2v) is 9.97. The van der Waals surface area contributed by atoms with Crippen LogP contribution in [0.2, 0.25) is 0 Å². The van der Waals surface area contributed by atoms with Crippen LogP contribution in [0.25, 0.3) is 5.57 Å². The summed E-state index contributed by atoms with van der Waals surface area (Å²) in [7, 11) is 0. The summed E-state index contributed by atoms with van der Waals surface area (Å²) >= 11 is 1.88. The van der Waals surface area contributed by atoms with Crippen LogP contribution in [0.15, 0.2) is 115 Å². The molecule has 0 saturated carbocycles. The molecule has 1 aromatic rings. The van der Waals surface area contributed by atoms with Crippen LogP contribution in [-0.2, 0) is 12.8 Å². The number of aliphatic imine (C=N–C) groups is 4. The Morgan fingerprint density at radius 1 is 0.600 bits per heavy atom. The van der Waals surface area contributed by atoms with Gasteiger partial charge in [-0.25, -0.2) is 20.0 Å². The van der Waals surface area contributed by atoms with Crippen LogP contribution in [0, 0.1) is 0 Å². The number of thiophene rings is 1. The number of hydrogen-bond donors (Lipinski definition) is 0. The molecular weight excluding hydrogens is 448 g/mol. The highest BCUT2D eigenvalue weighted by molar-refractivity contribution is 7.10. The molecule has 0 aliphatic carbocycles. The van der Waals surface area contributed by atoms with Gasteiger partial charge >= 0.3 is 0 Å². The third-order valence-corrected chi connectivity index (χ3v) is 7.34. The van der Waals surface area contributed by atoms with Crippen molar-refractivity contribution in [3.05, 3.63) is 111 Å². The zero-order chi connectivity index (χ0) is 23.8. The minimum absolute atomic E-state index is 0.895. The van der Waals surface area contributed by atoms with Crippen molar-refractivity contribution in [2.75, 3.05) is 0 Å². The second kappa shape index (κ2) is 9.16. The Morgan fingerprint density at radius 2 is 1.17 bits per heavy atom. The molecule has 0 saturated heterocycles. The van der Waals surface area contributed by atoms with Gasteiger partial charge in [-0.3, -0.25) is 0 Å². The first-order valence-electron chi connectivity index (χ1n) is 12.3. The van der Waals surface area contributed by atoms with Crippen LogP contribution in [0.5, 0.6) is 0 Å². The van der Waals surface area contributed by atoms with Crippen molar-refractivity contribution in [2.24, 2.45) is 20.0 Å². The Bertz CT molecular complexity index is 1460. The van der Waals surface area contributed by atoms with Gasteiger partial charge in [-0.15, -0.1) is 11.3 Å². The summed E-state index contributed by atoms with van der Waals surface area (Å²) in [6.45, 7) is 4.49. The maximum absolute atomic E-state index is 5.06. The topological polar surface area (TPSA) is 49.4 Å². The highest BCUT2D eigenvalue weighted by Crippen LogP contribution is 2.37. The molecule has 6 heterocycles. The van der Waals surface area contributed by atoms with E-state index in [2.05, 4.69) is 43.5 Å². The highest BCUT2D eigenvalue weighted by atomic mass is 32.1. The monoisotopic (exact) mass is 474 g/mol. The Hall–Kier alpha value is -3.70. The molecule has 0 atom stereocenters. The van der Waals surface area contributed by atoms with E-state index in [1.807, 2.05) is 53.9 Å². The lowest BCUT2D eigenvalue weighted by Gasteiger charge is -2.09. The Morgan fingerprint density at radius 3 is 1.77 bits per heavy atom. The van der Waals surface area contributed by atoms with Crippen molar-refractivity contribution in [3.63, 3.8) is 0 Å². The molecule has 5 aliphatic heterocycles. The summed E-state index contributed by atoms with van der Waals surface area (Å²) in [6, 6.07) is 0. The standard InChI is InChI=1S/C30H26N4S/c1-3-5-19-18-35-29(6-4-2)30(19)27-16-26-15-24-10-9-22(32-24)13-20-7-8-21(31-20)14-23-11-12-25(33-23)17-28(27)34-26/h7-18H,3-6H2,1-2H3. The lowest BCUT2D eigenvalue weighted by molar-refractivity contribution is 0.909. The number of nitrogens with zero attached hydrogens (tertiary/aromatic N) is 4. The van der Waals surface area contributed by atoms with E-state index >= 15 is 0 Å². The molecule has 0 amide bonds. The minimum atomic E-state index is 0.895. The van der Waals surface area contributed by atoms with E-state index in [-0.39, 0.29) is 0 Å². The predicted octanol–water partition coefficient (Wildman–Crippen LogP) is 7.07. The Labute approximate surface area is 210 Å². The molecule has 0 radical (unpaired) electrons. The fourth-order valence-corrected chi connectivity index (χ4v) is 5.93. The van der Waals surface area contributed by atoms with Crippen molar-refractivity contribution >= 4 is 39.8 Å². The smallest absolute Gasteiger partial charge is 0.0738 e. The Kier molecular flexibility index (Phi) is 5.71. The molecule has 0 N–H and O–H groups in total. The van der Waals surface area contributed by atoms with E-state index < -0.39 is 0 Å². The van der Waals surface area contributed by atoms with Crippen LogP contribution in [-0.4, -0.2) is 22.8 Å². The van der Waals surface area contributed by atoms with Gasteiger partial charge in [-0.05, 0) is 90.6 Å². The van der Waals surface area contributed by atoms with Gasteiger partial charge in [0.15, 0.2) is 0 Å². The van der Waals surface area contributed by atoms with E-state index in [1.54, 1.807) is 0 Å². The van der Waals surface area contributed by atoms with Gasteiger partial charge in [0.25, 0.3) is 0 Å². The van der Waals surface area contributed by atoms with Crippen LogP contribution < -0.4 is 0 Å². The number of rotatable bonds is 5. The average molecular weight is 475 g/mol. The molecule has 172 valence electrons. The largest absolute Gasteiger partial charge is 0.249 e. The normalized spacial score (nSPS) is 19.7. The number of hydrogen-bond acceptors (Lipinski definition) is 5. The van der Waals surface area contributed by atoms with Gasteiger partial charge in [0.2, 0.25) is 0 Å². The molecule has 8 bridgehead atoms. The predicted molar refractivity (Wildman–Crippen MR) is 150 cm³/mol. The highest BCUT2D eigenvalue weighted by Gasteiger charge is 2.23. The number of allylic oxidation sites excluding steroid dienone is 12. The first-order valence-corrected chi connectivity index (χ1v) is 13.1. The summed E-state index contributed by atoms with van der Waals surface area (Å²) in [5, 5.41) is 2.34. The number of aryl methyl sites for hydroxylation is 2. The van der Waals surface area contributed by atoms with Crippen molar-refractivity contribution in [1.29, 1.82) is 0 Å². The van der Waals surface area contributed by atoms with Gasteiger partial charge < -0.3 is 0 Å². The van der Waals surface area contributed by atoms with E-state index in [1.165, 1.54) is 21.6 Å². The first kappa shape index (κ1) is 21.8. The van der Waals surface area contributed by atoms with Crippen molar-refractivity contribution in [3.8, 4) is 0 Å². The molecule has 0 fully saturated rings. The van der Waals surface area contributed by atoms with Crippen LogP contribution in [0.3, 0.4) is 0 Å². The molecule has 35 heavy (non-hydrogen) atoms. The van der Waals surface area contributed by atoms with Crippen LogP contribution in [0.1, 0.15) is 42.7 Å². The zero-order valence-corrected chi connectivity index (χ0v) is 20.8. The molecule has 1 aromatic heterocycles. The third-order valence-electron chi connectivity index (χ3n) is 6.25. The summed E-state index contributed by atoms with van der Waals surface area (Å²) < 4.78 is 0. The molecule has 0 unspecified atom stereocenters. The molecule has 0 spiro atoms. The van der Waals surface area contributed by atoms with Crippen molar-refractivity contribution < 1.29 is 0 Å². The first-order chi connectivity index (χ1) is 17.2. The third kappa shape index (κ3) is 4.40. The molecule has 0 aromatic carbocycles. The average Bonchev–Trinajstić information content (AvgIpc) is 3.65. The lowest BCUT2D eigenvalue weighted by atomic mass is 9.94. The summed E-state index contributed by atoms with van der Waals surface area (Å²) in [4.78, 5) is 20.8. The van der Waals surface area contributed by atoms with Crippen LogP contribution >= 0.6 is 11.3 Å². The van der Waals surface area contributed by atoms with E-state index in [0.29, 0.717) is 0 Å². The minimum Gasteiger partial charge on any atom is -0.249 e. The lowest BCUT2D eigenvalue weighted by Crippen LogP contribution is -2.01. The van der Waals surface area contributed by atoms with E-state index in [9.17, 15) is 0 Å². The zero-order valence-electron chi connectivity index (χ0n) is 20.0. The summed E-state index contributed by atoms with van der Waals surface area (Å²) in [6.07, 6.45) is 27.0. The fourth-order valence-electron chi connectivity index (χ4n) is 4.72. The maximum atomic E-state index is 5.06. The van der Waals surface area contributed by atoms with Gasteiger partial charge in [0.05, 0.1) is 45.6 Å². The van der Waals surface area contributed by atoms with Crippen molar-refractivity contribution in [1.82, 2.24) is 0 Å². The van der Waals surface area contributed by atoms with Gasteiger partial charge in [-0.1, -0.05) is 26.7 Å².